The van der Waals surface area contributed by atoms with Crippen LogP contribution in [0, 0.1) is 12.7 Å². The Kier molecular flexibility index (Phi) is 4.44. The topological polar surface area (TPSA) is 60.7 Å². The van der Waals surface area contributed by atoms with Crippen molar-refractivity contribution >= 4 is 27.5 Å². The highest BCUT2D eigenvalue weighted by molar-refractivity contribution is 9.10. The molecule has 0 aliphatic rings. The average molecular weight is 391 g/mol. The molecule has 2 aromatic heterocycles. The van der Waals surface area contributed by atoms with E-state index in [1.54, 1.807) is 25.1 Å². The van der Waals surface area contributed by atoms with Crippen molar-refractivity contribution in [2.24, 2.45) is 0 Å². The Morgan fingerprint density at radius 3 is 2.88 bits per heavy atom. The number of ether oxygens (including phenoxy) is 1. The summed E-state index contributed by atoms with van der Waals surface area (Å²) in [5.41, 5.74) is 1.38. The molecule has 2 heterocycles. The molecule has 0 radical (unpaired) electrons. The van der Waals surface area contributed by atoms with Gasteiger partial charge in [-0.1, -0.05) is 6.07 Å². The number of esters is 1. The van der Waals surface area contributed by atoms with E-state index in [-0.39, 0.29) is 17.7 Å². The van der Waals surface area contributed by atoms with E-state index in [0.717, 1.165) is 11.8 Å². The van der Waals surface area contributed by atoms with Crippen LogP contribution >= 0.6 is 15.9 Å². The van der Waals surface area contributed by atoms with Crippen LogP contribution in [0.2, 0.25) is 0 Å². The predicted octanol–water partition coefficient (Wildman–Crippen LogP) is 3.26. The van der Waals surface area contributed by atoms with Gasteiger partial charge < -0.3 is 4.74 Å². The lowest BCUT2D eigenvalue weighted by Gasteiger charge is -2.08. The van der Waals surface area contributed by atoms with Crippen molar-refractivity contribution in [3.05, 3.63) is 80.1 Å². The number of aromatic nitrogens is 2. The Morgan fingerprint density at radius 2 is 2.08 bits per heavy atom. The summed E-state index contributed by atoms with van der Waals surface area (Å²) in [6.07, 6.45) is 0. The van der Waals surface area contributed by atoms with Crippen molar-refractivity contribution in [1.29, 1.82) is 0 Å². The first kappa shape index (κ1) is 16.3. The van der Waals surface area contributed by atoms with Crippen LogP contribution in [0.15, 0.2) is 51.7 Å². The van der Waals surface area contributed by atoms with Gasteiger partial charge in [0, 0.05) is 16.2 Å². The summed E-state index contributed by atoms with van der Waals surface area (Å²) in [4.78, 5) is 28.5. The minimum atomic E-state index is -0.701. The van der Waals surface area contributed by atoms with Crippen LogP contribution in [-0.2, 0) is 11.3 Å². The first-order valence-electron chi connectivity index (χ1n) is 7.06. The van der Waals surface area contributed by atoms with E-state index < -0.39 is 11.8 Å². The maximum absolute atomic E-state index is 13.3. The van der Waals surface area contributed by atoms with Crippen LogP contribution in [-0.4, -0.2) is 15.4 Å². The molecule has 0 N–H and O–H groups in total. The molecule has 0 saturated heterocycles. The average Bonchev–Trinajstić information content (AvgIpc) is 2.54. The normalized spacial score (nSPS) is 10.8. The summed E-state index contributed by atoms with van der Waals surface area (Å²) >= 11 is 3.17. The smallest absolute Gasteiger partial charge is 0.339 e. The number of fused-ring (bicyclic) bond motifs is 1. The first-order chi connectivity index (χ1) is 11.5. The van der Waals surface area contributed by atoms with Crippen LogP contribution in [0.4, 0.5) is 4.39 Å². The lowest BCUT2D eigenvalue weighted by Crippen LogP contribution is -2.18. The van der Waals surface area contributed by atoms with E-state index in [1.807, 2.05) is 0 Å². The Labute approximate surface area is 144 Å². The number of benzene rings is 1. The standard InChI is InChI=1S/C17H12BrFN2O3/c1-10-3-2-4-15-20-12(8-16(22)21(10)15)9-24-17(23)13-7-11(19)5-6-14(13)18/h2-8H,9H2,1H3. The van der Waals surface area contributed by atoms with Crippen molar-refractivity contribution in [3.63, 3.8) is 0 Å². The monoisotopic (exact) mass is 390 g/mol. The van der Waals surface area contributed by atoms with E-state index in [4.69, 9.17) is 4.74 Å². The molecule has 0 saturated carbocycles. The van der Waals surface area contributed by atoms with E-state index in [2.05, 4.69) is 20.9 Å². The number of hydrogen-bond acceptors (Lipinski definition) is 4. The molecule has 0 aliphatic carbocycles. The minimum Gasteiger partial charge on any atom is -0.456 e. The van der Waals surface area contributed by atoms with Gasteiger partial charge in [-0.05, 0) is 53.2 Å². The summed E-state index contributed by atoms with van der Waals surface area (Å²) in [6, 6.07) is 10.3. The van der Waals surface area contributed by atoms with Crippen molar-refractivity contribution in [1.82, 2.24) is 9.38 Å². The second kappa shape index (κ2) is 6.52. The van der Waals surface area contributed by atoms with Gasteiger partial charge in [-0.15, -0.1) is 0 Å². The fourth-order valence-electron chi connectivity index (χ4n) is 2.31. The third-order valence-corrected chi connectivity index (χ3v) is 4.12. The highest BCUT2D eigenvalue weighted by Crippen LogP contribution is 2.19. The number of aryl methyl sites for hydroxylation is 1. The van der Waals surface area contributed by atoms with Gasteiger partial charge in [0.05, 0.1) is 11.3 Å². The Bertz CT molecular complexity index is 1000. The third-order valence-electron chi connectivity index (χ3n) is 3.43. The van der Waals surface area contributed by atoms with Crippen molar-refractivity contribution in [2.75, 3.05) is 0 Å². The zero-order valence-electron chi connectivity index (χ0n) is 12.6. The van der Waals surface area contributed by atoms with E-state index in [0.29, 0.717) is 15.8 Å². The molecule has 0 bridgehead atoms. The summed E-state index contributed by atoms with van der Waals surface area (Å²) in [5, 5.41) is 0. The maximum atomic E-state index is 13.3. The minimum absolute atomic E-state index is 0.0726. The van der Waals surface area contributed by atoms with Gasteiger partial charge in [-0.2, -0.15) is 0 Å². The molecule has 0 atom stereocenters. The molecule has 7 heteroatoms. The number of rotatable bonds is 3. The van der Waals surface area contributed by atoms with Crippen molar-refractivity contribution < 1.29 is 13.9 Å². The van der Waals surface area contributed by atoms with Crippen LogP contribution in [0.5, 0.6) is 0 Å². The quantitative estimate of drug-likeness (QED) is 0.644. The van der Waals surface area contributed by atoms with Gasteiger partial charge in [-0.25, -0.2) is 14.2 Å². The fourth-order valence-corrected chi connectivity index (χ4v) is 2.72. The van der Waals surface area contributed by atoms with Gasteiger partial charge in [-0.3, -0.25) is 9.20 Å². The van der Waals surface area contributed by atoms with Crippen molar-refractivity contribution in [2.45, 2.75) is 13.5 Å². The van der Waals surface area contributed by atoms with Gasteiger partial charge in [0.2, 0.25) is 0 Å². The summed E-state index contributed by atoms with van der Waals surface area (Å²) < 4.78 is 20.3. The van der Waals surface area contributed by atoms with E-state index in [9.17, 15) is 14.0 Å². The molecule has 0 unspecified atom stereocenters. The van der Waals surface area contributed by atoms with Gasteiger partial charge in [0.15, 0.2) is 0 Å². The molecule has 0 fully saturated rings. The summed E-state index contributed by atoms with van der Waals surface area (Å²) in [7, 11) is 0. The van der Waals surface area contributed by atoms with Crippen molar-refractivity contribution in [3.8, 4) is 0 Å². The highest BCUT2D eigenvalue weighted by Gasteiger charge is 2.14. The lowest BCUT2D eigenvalue weighted by molar-refractivity contribution is 0.0466. The molecule has 0 spiro atoms. The maximum Gasteiger partial charge on any atom is 0.339 e. The number of halogens is 2. The zero-order valence-corrected chi connectivity index (χ0v) is 14.2. The fraction of sp³-hybridized carbons (Fsp3) is 0.118. The molecule has 3 aromatic rings. The summed E-state index contributed by atoms with van der Waals surface area (Å²) in [6.45, 7) is 1.62. The lowest BCUT2D eigenvalue weighted by atomic mass is 10.2. The SMILES string of the molecule is Cc1cccc2nc(COC(=O)c3cc(F)ccc3Br)cc(=O)n12. The molecule has 5 nitrogen and oxygen atoms in total. The molecular formula is C17H12BrFN2O3. The van der Waals surface area contributed by atoms with E-state index in [1.165, 1.54) is 22.6 Å². The summed E-state index contributed by atoms with van der Waals surface area (Å²) in [5.74, 6) is -1.24. The van der Waals surface area contributed by atoms with Gasteiger partial charge >= 0.3 is 5.97 Å². The molecule has 122 valence electrons. The molecular weight excluding hydrogens is 379 g/mol. The van der Waals surface area contributed by atoms with Gasteiger partial charge in [0.25, 0.3) is 5.56 Å². The largest absolute Gasteiger partial charge is 0.456 e. The second-order valence-electron chi connectivity index (χ2n) is 5.15. The molecule has 24 heavy (non-hydrogen) atoms. The predicted molar refractivity (Wildman–Crippen MR) is 89.4 cm³/mol. The number of carbonyl (C=O) groups excluding carboxylic acids is 1. The van der Waals surface area contributed by atoms with E-state index >= 15 is 0 Å². The zero-order chi connectivity index (χ0) is 17.3. The molecule has 3 rings (SSSR count). The van der Waals surface area contributed by atoms with Crippen LogP contribution < -0.4 is 5.56 Å². The van der Waals surface area contributed by atoms with Crippen LogP contribution in [0.3, 0.4) is 0 Å². The van der Waals surface area contributed by atoms with Crippen LogP contribution in [0.1, 0.15) is 21.7 Å². The number of hydrogen-bond donors (Lipinski definition) is 0. The number of pyridine rings is 1. The molecule has 1 aromatic carbocycles. The van der Waals surface area contributed by atoms with Crippen LogP contribution in [0.25, 0.3) is 5.65 Å². The van der Waals surface area contributed by atoms with Gasteiger partial charge in [0.1, 0.15) is 18.1 Å². The second-order valence-corrected chi connectivity index (χ2v) is 6.00. The number of carbonyl (C=O) groups is 1. The third kappa shape index (κ3) is 3.21. The molecule has 0 amide bonds. The first-order valence-corrected chi connectivity index (χ1v) is 7.85. The Balaban J connectivity index is 1.84. The molecule has 0 aliphatic heterocycles. The highest BCUT2D eigenvalue weighted by atomic mass is 79.9. The number of nitrogens with zero attached hydrogens (tertiary/aromatic N) is 2. The Hall–Kier alpha value is -2.54. The Morgan fingerprint density at radius 1 is 1.29 bits per heavy atom.